The molecule has 0 amide bonds. The Kier molecular flexibility index (Phi) is 3.21. The zero-order valence-electron chi connectivity index (χ0n) is 11.6. The van der Waals surface area contributed by atoms with E-state index in [2.05, 4.69) is 28.5 Å². The molecule has 0 unspecified atom stereocenters. The molecule has 4 rings (SSSR count). The molecule has 4 aromatic rings. The van der Waals surface area contributed by atoms with Crippen LogP contribution >= 0.6 is 0 Å². The van der Waals surface area contributed by atoms with E-state index in [0.29, 0.717) is 0 Å². The fourth-order valence-electron chi connectivity index (χ4n) is 2.21. The molecule has 0 saturated heterocycles. The third kappa shape index (κ3) is 2.54. The van der Waals surface area contributed by atoms with Crippen molar-refractivity contribution in [2.75, 3.05) is 0 Å². The first-order valence-corrected chi connectivity index (χ1v) is 6.46. The number of fused-ring (bicyclic) bond motifs is 2. The first-order chi connectivity index (χ1) is 9.72. The summed E-state index contributed by atoms with van der Waals surface area (Å²) >= 11 is 0. The Labute approximate surface area is 117 Å². The van der Waals surface area contributed by atoms with E-state index in [1.165, 1.54) is 16.2 Å². The monoisotopic (exact) mass is 264 g/mol. The molecule has 0 fully saturated rings. The molecule has 0 aliphatic carbocycles. The lowest BCUT2D eigenvalue weighted by molar-refractivity contribution is 0.780. The van der Waals surface area contributed by atoms with E-state index in [4.69, 9.17) is 0 Å². The van der Waals surface area contributed by atoms with E-state index in [0.717, 1.165) is 5.52 Å². The number of aryl methyl sites for hydroxylation is 2. The van der Waals surface area contributed by atoms with Gasteiger partial charge in [-0.1, -0.05) is 18.2 Å². The second-order valence-electron chi connectivity index (χ2n) is 4.79. The summed E-state index contributed by atoms with van der Waals surface area (Å²) in [5.41, 5.74) is 1.06. The van der Waals surface area contributed by atoms with Crippen LogP contribution in [-0.4, -0.2) is 19.3 Å². The van der Waals surface area contributed by atoms with Gasteiger partial charge in [0.05, 0.1) is 5.52 Å². The predicted molar refractivity (Wildman–Crippen MR) is 81.4 cm³/mol. The Hall–Kier alpha value is -2.62. The average Bonchev–Trinajstić information content (AvgIpc) is 2.99. The molecule has 4 heteroatoms. The van der Waals surface area contributed by atoms with Gasteiger partial charge < -0.3 is 4.57 Å². The highest BCUT2D eigenvalue weighted by atomic mass is 15.2. The number of rotatable bonds is 0. The zero-order chi connectivity index (χ0) is 13.9. The third-order valence-electron chi connectivity index (χ3n) is 3.10. The highest BCUT2D eigenvalue weighted by Crippen LogP contribution is 2.11. The molecule has 0 N–H and O–H groups in total. The van der Waals surface area contributed by atoms with Crippen molar-refractivity contribution in [2.45, 2.75) is 0 Å². The van der Waals surface area contributed by atoms with Gasteiger partial charge in [0.25, 0.3) is 0 Å². The lowest BCUT2D eigenvalue weighted by Crippen LogP contribution is -1.84. The second-order valence-corrected chi connectivity index (χ2v) is 4.79. The molecule has 100 valence electrons. The summed E-state index contributed by atoms with van der Waals surface area (Å²) < 4.78 is 3.86. The van der Waals surface area contributed by atoms with Gasteiger partial charge in [0, 0.05) is 61.2 Å². The fraction of sp³-hybridized carbons (Fsp3) is 0.125. The number of nitrogens with zero attached hydrogens (tertiary/aromatic N) is 4. The molecular formula is C16H16N4. The molecule has 20 heavy (non-hydrogen) atoms. The highest BCUT2D eigenvalue weighted by molar-refractivity contribution is 5.80. The average molecular weight is 264 g/mol. The third-order valence-corrected chi connectivity index (χ3v) is 3.10. The van der Waals surface area contributed by atoms with Gasteiger partial charge >= 0.3 is 0 Å². The Morgan fingerprint density at radius 2 is 1.65 bits per heavy atom. The first kappa shape index (κ1) is 12.4. The largest absolute Gasteiger partial charge is 0.356 e. The van der Waals surface area contributed by atoms with Gasteiger partial charge in [-0.2, -0.15) is 5.10 Å². The minimum absolute atomic E-state index is 1.06. The van der Waals surface area contributed by atoms with Crippen molar-refractivity contribution in [2.24, 2.45) is 14.1 Å². The van der Waals surface area contributed by atoms with Crippen LogP contribution in [0.2, 0.25) is 0 Å². The minimum atomic E-state index is 1.06. The fourth-order valence-corrected chi connectivity index (χ4v) is 2.21. The molecule has 0 aliphatic rings. The van der Waals surface area contributed by atoms with Crippen LogP contribution in [0.25, 0.3) is 21.7 Å². The van der Waals surface area contributed by atoms with E-state index in [1.807, 2.05) is 66.2 Å². The molecule has 1 aromatic carbocycles. The number of pyridine rings is 1. The van der Waals surface area contributed by atoms with Gasteiger partial charge in [0.2, 0.25) is 0 Å². The summed E-state index contributed by atoms with van der Waals surface area (Å²) in [7, 11) is 3.94. The molecule has 0 radical (unpaired) electrons. The lowest BCUT2D eigenvalue weighted by atomic mass is 10.3. The summed E-state index contributed by atoms with van der Waals surface area (Å²) in [6.07, 6.45) is 9.83. The minimum Gasteiger partial charge on any atom is -0.356 e. The van der Waals surface area contributed by atoms with E-state index in [9.17, 15) is 0 Å². The zero-order valence-corrected chi connectivity index (χ0v) is 11.6. The van der Waals surface area contributed by atoms with Gasteiger partial charge in [0.15, 0.2) is 0 Å². The van der Waals surface area contributed by atoms with Crippen molar-refractivity contribution in [3.05, 3.63) is 61.3 Å². The Balaban J connectivity index is 0.000000121. The quantitative estimate of drug-likeness (QED) is 0.489. The van der Waals surface area contributed by atoms with Gasteiger partial charge in [-0.15, -0.1) is 0 Å². The predicted octanol–water partition coefficient (Wildman–Crippen LogP) is 3.15. The molecule has 0 aliphatic heterocycles. The second kappa shape index (κ2) is 5.17. The molecule has 3 heterocycles. The highest BCUT2D eigenvalue weighted by Gasteiger charge is 1.93. The van der Waals surface area contributed by atoms with E-state index in [-0.39, 0.29) is 0 Å². The lowest BCUT2D eigenvalue weighted by Gasteiger charge is -1.81. The summed E-state index contributed by atoms with van der Waals surface area (Å²) in [4.78, 5) is 4.01. The topological polar surface area (TPSA) is 35.6 Å². The van der Waals surface area contributed by atoms with Crippen LogP contribution in [0, 0.1) is 0 Å². The van der Waals surface area contributed by atoms with E-state index >= 15 is 0 Å². The normalized spacial score (nSPS) is 10.5. The van der Waals surface area contributed by atoms with Crippen molar-refractivity contribution in [3.63, 3.8) is 0 Å². The van der Waals surface area contributed by atoms with Crippen LogP contribution in [-0.2, 0) is 14.1 Å². The van der Waals surface area contributed by atoms with Crippen LogP contribution in [0.1, 0.15) is 0 Å². The molecule has 0 spiro atoms. The number of aromatic nitrogens is 4. The molecule has 0 bridgehead atoms. The number of benzene rings is 1. The van der Waals surface area contributed by atoms with Crippen LogP contribution < -0.4 is 0 Å². The van der Waals surface area contributed by atoms with Crippen LogP contribution in [0.5, 0.6) is 0 Å². The number of hydrogen-bond donors (Lipinski definition) is 0. The van der Waals surface area contributed by atoms with Crippen LogP contribution in [0.4, 0.5) is 0 Å². The first-order valence-electron chi connectivity index (χ1n) is 6.46. The molecule has 3 aromatic heterocycles. The summed E-state index contributed by atoms with van der Waals surface area (Å²) in [6.45, 7) is 0. The molecule has 0 atom stereocenters. The van der Waals surface area contributed by atoms with Gasteiger partial charge in [-0.3, -0.25) is 9.67 Å². The van der Waals surface area contributed by atoms with Gasteiger partial charge in [0.1, 0.15) is 0 Å². The Morgan fingerprint density at radius 3 is 2.45 bits per heavy atom. The van der Waals surface area contributed by atoms with Crippen molar-refractivity contribution >= 4 is 21.7 Å². The van der Waals surface area contributed by atoms with Crippen molar-refractivity contribution in [1.82, 2.24) is 19.3 Å². The molecule has 0 saturated carbocycles. The maximum atomic E-state index is 4.23. The smallest absolute Gasteiger partial charge is 0.0923 e. The molecule has 4 nitrogen and oxygen atoms in total. The van der Waals surface area contributed by atoms with Gasteiger partial charge in [-0.25, -0.2) is 0 Å². The number of hydrogen-bond acceptors (Lipinski definition) is 2. The SMILES string of the molecule is Cn1cc2ccccc2n1.Cn1cc2ccncc2c1. The van der Waals surface area contributed by atoms with Crippen LogP contribution in [0.3, 0.4) is 0 Å². The van der Waals surface area contributed by atoms with Crippen molar-refractivity contribution < 1.29 is 0 Å². The van der Waals surface area contributed by atoms with Gasteiger partial charge in [-0.05, 0) is 12.1 Å². The summed E-state index contributed by atoms with van der Waals surface area (Å²) in [5, 5.41) is 7.88. The maximum absolute atomic E-state index is 4.23. The maximum Gasteiger partial charge on any atom is 0.0923 e. The molecular weight excluding hydrogens is 248 g/mol. The summed E-state index contributed by atoms with van der Waals surface area (Å²) in [6, 6.07) is 10.1. The van der Waals surface area contributed by atoms with Crippen molar-refractivity contribution in [1.29, 1.82) is 0 Å². The van der Waals surface area contributed by atoms with E-state index < -0.39 is 0 Å². The van der Waals surface area contributed by atoms with Crippen LogP contribution in [0.15, 0.2) is 61.3 Å². The standard InChI is InChI=1S/2C8H8N2/c1-10-5-7-2-3-9-4-8(7)6-10;1-10-6-7-4-2-3-5-8(7)9-10/h2*2-6H,1H3. The summed E-state index contributed by atoms with van der Waals surface area (Å²) in [5.74, 6) is 0. The van der Waals surface area contributed by atoms with E-state index in [1.54, 1.807) is 0 Å². The Bertz CT molecular complexity index is 704. The Morgan fingerprint density at radius 1 is 0.850 bits per heavy atom. The van der Waals surface area contributed by atoms with Crippen molar-refractivity contribution in [3.8, 4) is 0 Å².